The van der Waals surface area contributed by atoms with Crippen molar-refractivity contribution in [2.45, 2.75) is 24.7 Å². The lowest BCUT2D eigenvalue weighted by atomic mass is 9.65. The molecule has 2 heteroatoms. The lowest BCUT2D eigenvalue weighted by molar-refractivity contribution is 0.660. The fourth-order valence-corrected chi connectivity index (χ4v) is 12.4. The molecule has 3 aliphatic rings. The summed E-state index contributed by atoms with van der Waals surface area (Å²) >= 11 is 0. The number of hydrogen-bond donors (Lipinski definition) is 0. The van der Waals surface area contributed by atoms with Crippen LogP contribution in [-0.4, -0.2) is 4.57 Å². The molecule has 1 spiro atoms. The first-order valence-electron chi connectivity index (χ1n) is 23.2. The number of anilines is 3. The summed E-state index contributed by atoms with van der Waals surface area (Å²) in [5.41, 5.74) is 24.3. The first-order valence-corrected chi connectivity index (χ1v) is 23.2. The normalized spacial score (nSPS) is 14.2. The highest BCUT2D eigenvalue weighted by molar-refractivity contribution is 6.13. The highest BCUT2D eigenvalue weighted by atomic mass is 15.1. The molecular weight excluding hydrogens is 797 g/mol. The Morgan fingerprint density at radius 1 is 0.348 bits per heavy atom. The number of rotatable bonds is 5. The highest BCUT2D eigenvalue weighted by Gasteiger charge is 2.51. The molecule has 1 aliphatic heterocycles. The zero-order chi connectivity index (χ0) is 43.7. The molecule has 0 N–H and O–H groups in total. The van der Waals surface area contributed by atoms with Gasteiger partial charge in [0.2, 0.25) is 0 Å². The Morgan fingerprint density at radius 2 is 0.879 bits per heavy atom. The van der Waals surface area contributed by atoms with Crippen LogP contribution in [0.1, 0.15) is 47.2 Å². The Balaban J connectivity index is 1.08. The third-order valence-corrected chi connectivity index (χ3v) is 15.2. The van der Waals surface area contributed by atoms with E-state index in [2.05, 4.69) is 254 Å². The van der Waals surface area contributed by atoms with Gasteiger partial charge in [-0.25, -0.2) is 0 Å². The quantitative estimate of drug-likeness (QED) is 0.168. The van der Waals surface area contributed by atoms with Gasteiger partial charge in [0.15, 0.2) is 0 Å². The fraction of sp³-hybridized carbons (Fsp3) is 0.0625. The maximum atomic E-state index is 2.55. The third kappa shape index (κ3) is 4.91. The summed E-state index contributed by atoms with van der Waals surface area (Å²) in [5.74, 6) is 0. The van der Waals surface area contributed by atoms with Crippen molar-refractivity contribution in [1.82, 2.24) is 4.57 Å². The Morgan fingerprint density at radius 3 is 1.65 bits per heavy atom. The summed E-state index contributed by atoms with van der Waals surface area (Å²) < 4.78 is 2.55. The van der Waals surface area contributed by atoms with Gasteiger partial charge in [0.05, 0.1) is 27.8 Å². The monoisotopic (exact) mass is 840 g/mol. The van der Waals surface area contributed by atoms with Crippen molar-refractivity contribution in [2.75, 3.05) is 4.90 Å². The van der Waals surface area contributed by atoms with Crippen LogP contribution in [0.4, 0.5) is 17.1 Å². The summed E-state index contributed by atoms with van der Waals surface area (Å²) in [6.07, 6.45) is 0. The molecule has 2 nitrogen and oxygen atoms in total. The summed E-state index contributed by atoms with van der Waals surface area (Å²) in [4.78, 5) is 2.54. The van der Waals surface area contributed by atoms with Crippen molar-refractivity contribution in [3.05, 3.63) is 264 Å². The van der Waals surface area contributed by atoms with E-state index >= 15 is 0 Å². The van der Waals surface area contributed by atoms with Crippen LogP contribution in [-0.2, 0) is 10.8 Å². The van der Waals surface area contributed by atoms with Gasteiger partial charge < -0.3 is 9.47 Å². The van der Waals surface area contributed by atoms with Crippen LogP contribution >= 0.6 is 0 Å². The zero-order valence-corrected chi connectivity index (χ0v) is 36.8. The molecule has 0 saturated heterocycles. The zero-order valence-electron chi connectivity index (χ0n) is 36.8. The van der Waals surface area contributed by atoms with Gasteiger partial charge >= 0.3 is 0 Å². The number of aromatic nitrogens is 1. The molecule has 2 aliphatic carbocycles. The van der Waals surface area contributed by atoms with Gasteiger partial charge in [0.1, 0.15) is 0 Å². The number of fused-ring (bicyclic) bond motifs is 15. The minimum atomic E-state index is -0.570. The molecule has 0 amide bonds. The van der Waals surface area contributed by atoms with Crippen molar-refractivity contribution in [3.63, 3.8) is 0 Å². The second kappa shape index (κ2) is 13.7. The summed E-state index contributed by atoms with van der Waals surface area (Å²) in [6, 6.07) is 86.4. The van der Waals surface area contributed by atoms with E-state index in [1.165, 1.54) is 105 Å². The van der Waals surface area contributed by atoms with E-state index in [0.717, 1.165) is 17.1 Å². The van der Waals surface area contributed by atoms with Crippen LogP contribution < -0.4 is 4.90 Å². The molecule has 0 fully saturated rings. The summed E-state index contributed by atoms with van der Waals surface area (Å²) in [7, 11) is 0. The molecule has 0 unspecified atom stereocenters. The molecule has 1 aromatic heterocycles. The van der Waals surface area contributed by atoms with Crippen molar-refractivity contribution >= 4 is 38.9 Å². The van der Waals surface area contributed by atoms with Gasteiger partial charge in [-0.2, -0.15) is 0 Å². The molecule has 14 rings (SSSR count). The Labute approximate surface area is 385 Å². The van der Waals surface area contributed by atoms with Gasteiger partial charge in [-0.05, 0) is 121 Å². The van der Waals surface area contributed by atoms with Crippen LogP contribution in [0.2, 0.25) is 0 Å². The molecule has 66 heavy (non-hydrogen) atoms. The van der Waals surface area contributed by atoms with Crippen LogP contribution in [0.15, 0.2) is 231 Å². The van der Waals surface area contributed by atoms with Crippen LogP contribution in [0.25, 0.3) is 72.0 Å². The molecule has 10 aromatic carbocycles. The Kier molecular flexibility index (Phi) is 7.70. The minimum absolute atomic E-state index is 0.168. The molecule has 11 aromatic rings. The average molecular weight is 841 g/mol. The predicted octanol–water partition coefficient (Wildman–Crippen LogP) is 16.6. The lowest BCUT2D eigenvalue weighted by Crippen LogP contribution is -2.33. The lowest BCUT2D eigenvalue weighted by Gasteiger charge is -2.40. The van der Waals surface area contributed by atoms with E-state index in [1.807, 2.05) is 0 Å². The van der Waals surface area contributed by atoms with Crippen LogP contribution in [0.3, 0.4) is 0 Å². The minimum Gasteiger partial charge on any atom is -0.310 e. The smallest absolute Gasteiger partial charge is 0.0755 e. The number of nitrogens with zero attached hydrogens (tertiary/aromatic N) is 2. The Bertz CT molecular complexity index is 3760. The van der Waals surface area contributed by atoms with Crippen molar-refractivity contribution in [2.24, 2.45) is 0 Å². The second-order valence-electron chi connectivity index (χ2n) is 18.8. The second-order valence-corrected chi connectivity index (χ2v) is 18.8. The van der Waals surface area contributed by atoms with Gasteiger partial charge in [0.25, 0.3) is 0 Å². The third-order valence-electron chi connectivity index (χ3n) is 15.2. The molecule has 310 valence electrons. The van der Waals surface area contributed by atoms with E-state index in [4.69, 9.17) is 0 Å². The van der Waals surface area contributed by atoms with Gasteiger partial charge in [-0.3, -0.25) is 0 Å². The fourth-order valence-electron chi connectivity index (χ4n) is 12.4. The topological polar surface area (TPSA) is 8.17 Å². The van der Waals surface area contributed by atoms with Gasteiger partial charge in [-0.1, -0.05) is 196 Å². The first-order chi connectivity index (χ1) is 32.5. The van der Waals surface area contributed by atoms with E-state index in [0.29, 0.717) is 0 Å². The van der Waals surface area contributed by atoms with Gasteiger partial charge in [-0.15, -0.1) is 0 Å². The summed E-state index contributed by atoms with van der Waals surface area (Å²) in [6.45, 7) is 4.76. The molecular formula is C64H44N2. The number of benzene rings is 10. The van der Waals surface area contributed by atoms with Crippen molar-refractivity contribution in [3.8, 4) is 50.2 Å². The maximum absolute atomic E-state index is 2.55. The van der Waals surface area contributed by atoms with E-state index in [1.54, 1.807) is 0 Å². The van der Waals surface area contributed by atoms with Gasteiger partial charge in [0, 0.05) is 33.1 Å². The van der Waals surface area contributed by atoms with E-state index in [9.17, 15) is 0 Å². The molecule has 2 heterocycles. The standard InChI is InChI=1S/C64H44N2/c1-63(2)53-28-11-6-23-47(53)50-36-34-44(39-57(50)63)65(59-32-14-9-22-46(59)43-21-16-20-42(38-43)41-18-4-3-5-19-41)45-35-37-61-58(40-45)64(54-29-12-7-24-48(54)49-25-8-13-30-55(49)64)56-31-17-27-52-51-26-10-15-33-60(51)66(61)62(52)56/h3-40H,1-2H3. The summed E-state index contributed by atoms with van der Waals surface area (Å²) in [5, 5.41) is 2.56. The Hall–Kier alpha value is -8.20. The molecule has 0 atom stereocenters. The molecule has 0 bridgehead atoms. The largest absolute Gasteiger partial charge is 0.310 e. The van der Waals surface area contributed by atoms with Crippen molar-refractivity contribution < 1.29 is 0 Å². The number of hydrogen-bond acceptors (Lipinski definition) is 1. The highest BCUT2D eigenvalue weighted by Crippen LogP contribution is 2.62. The average Bonchev–Trinajstić information content (AvgIpc) is 3.96. The number of para-hydroxylation sites is 3. The van der Waals surface area contributed by atoms with Crippen LogP contribution in [0.5, 0.6) is 0 Å². The maximum Gasteiger partial charge on any atom is 0.0755 e. The van der Waals surface area contributed by atoms with Crippen molar-refractivity contribution in [1.29, 1.82) is 0 Å². The molecule has 0 radical (unpaired) electrons. The SMILES string of the molecule is CC1(C)c2ccccc2-c2ccc(N(c3ccc4c(c3)C3(c5ccccc5-c5ccccc53)c3cccc5c6ccccc6n-4c35)c3ccccc3-c3cccc(-c4ccccc4)c3)cc21. The molecule has 0 saturated carbocycles. The predicted molar refractivity (Wildman–Crippen MR) is 275 cm³/mol. The van der Waals surface area contributed by atoms with E-state index < -0.39 is 5.41 Å². The van der Waals surface area contributed by atoms with E-state index in [-0.39, 0.29) is 5.41 Å². The van der Waals surface area contributed by atoms with Crippen LogP contribution in [0, 0.1) is 0 Å². The first kappa shape index (κ1) is 37.2.